The SMILES string of the molecule is [C-]#[N+]c1ccc2c(c1)c1ccccc1n2-c1ccc(-c2ccc3c(c2)c2ccccc2n3-c2ccccc2)cc1.[C-]#[N+]c1ccc2c3ccccc3n(-c3ccc(-c4ccc5c(c4)c4ccccc4n5-c4ccc(-c5ccccc5)cc4)cc3)c2c1.[C-]#[N+]c1ccc2c3ccccc3n(-c3ccc(-c4ccc5c(c4)c4ccccc4n5-c4cccc(-c5ccccc5)c4)cc3)c2c1. The van der Waals surface area contributed by atoms with Gasteiger partial charge in [0.05, 0.1) is 74.9 Å². The molecule has 0 spiro atoms. The van der Waals surface area contributed by atoms with Crippen molar-refractivity contribution in [1.82, 2.24) is 27.4 Å². The zero-order valence-electron chi connectivity index (χ0n) is 71.5. The fourth-order valence-electron chi connectivity index (χ4n) is 20.1. The summed E-state index contributed by atoms with van der Waals surface area (Å²) in [6.07, 6.45) is 0. The van der Waals surface area contributed by atoms with Crippen LogP contribution in [0.2, 0.25) is 0 Å². The van der Waals surface area contributed by atoms with Crippen LogP contribution in [0.25, 0.3) is 235 Å². The molecule has 0 aliphatic carbocycles. The summed E-state index contributed by atoms with van der Waals surface area (Å²) in [5, 5.41) is 14.4. The molecule has 0 radical (unpaired) electrons. The molecule has 20 aromatic carbocycles. The molecule has 9 heteroatoms. The number of nitrogens with zero attached hydrogens (tertiary/aromatic N) is 9. The predicted molar refractivity (Wildman–Crippen MR) is 551 cm³/mol. The van der Waals surface area contributed by atoms with Gasteiger partial charge in [-0.3, -0.25) is 0 Å². The van der Waals surface area contributed by atoms with Gasteiger partial charge in [-0.15, -0.1) is 0 Å². The van der Waals surface area contributed by atoms with E-state index in [1.165, 1.54) is 126 Å². The molecule has 0 aliphatic rings. The molecule has 0 aliphatic heterocycles. The lowest BCUT2D eigenvalue weighted by atomic mass is 10.0. The summed E-state index contributed by atoms with van der Waals surface area (Å²) in [4.78, 5) is 11.1. The van der Waals surface area contributed by atoms with Gasteiger partial charge in [-0.2, -0.15) is 0 Å². The number of benzene rings is 20. The van der Waals surface area contributed by atoms with Crippen LogP contribution < -0.4 is 0 Å². The monoisotopic (exact) mass is 1680 g/mol. The third-order valence-corrected chi connectivity index (χ3v) is 26.2. The lowest BCUT2D eigenvalue weighted by Gasteiger charge is -2.11. The van der Waals surface area contributed by atoms with Gasteiger partial charge < -0.3 is 27.4 Å². The van der Waals surface area contributed by atoms with E-state index in [9.17, 15) is 0 Å². The van der Waals surface area contributed by atoms with Crippen LogP contribution in [0.1, 0.15) is 0 Å². The Balaban J connectivity index is 0.000000110. The summed E-state index contributed by atoms with van der Waals surface area (Å²) in [6, 6.07) is 165. The highest BCUT2D eigenvalue weighted by atomic mass is 15.0. The molecule has 6 aromatic heterocycles. The van der Waals surface area contributed by atoms with Gasteiger partial charge in [0.2, 0.25) is 0 Å². The molecule has 0 saturated heterocycles. The number of hydrogen-bond donors (Lipinski definition) is 0. The van der Waals surface area contributed by atoms with Crippen LogP contribution in [0, 0.1) is 19.7 Å². The Morgan fingerprint density at radius 1 is 0.121 bits per heavy atom. The van der Waals surface area contributed by atoms with E-state index >= 15 is 0 Å². The Kier molecular flexibility index (Phi) is 18.9. The van der Waals surface area contributed by atoms with E-state index in [0.29, 0.717) is 17.1 Å². The van der Waals surface area contributed by atoms with Crippen molar-refractivity contribution < 1.29 is 0 Å². The van der Waals surface area contributed by atoms with Gasteiger partial charge >= 0.3 is 0 Å². The lowest BCUT2D eigenvalue weighted by Crippen LogP contribution is -1.94. The van der Waals surface area contributed by atoms with E-state index in [0.717, 1.165) is 94.2 Å². The molecule has 9 nitrogen and oxygen atoms in total. The molecule has 26 aromatic rings. The van der Waals surface area contributed by atoms with Crippen LogP contribution >= 0.6 is 0 Å². The van der Waals surface area contributed by atoms with E-state index in [2.05, 4.69) is 473 Å². The van der Waals surface area contributed by atoms with Crippen molar-refractivity contribution in [1.29, 1.82) is 0 Å². The Morgan fingerprint density at radius 3 is 0.674 bits per heavy atom. The van der Waals surface area contributed by atoms with Crippen molar-refractivity contribution in [2.45, 2.75) is 0 Å². The molecule has 6 heterocycles. The molecule has 614 valence electrons. The minimum Gasteiger partial charge on any atom is -0.311 e. The number of hydrogen-bond acceptors (Lipinski definition) is 0. The van der Waals surface area contributed by atoms with Crippen LogP contribution in [0.4, 0.5) is 17.1 Å². The lowest BCUT2D eigenvalue weighted by molar-refractivity contribution is 1.18. The highest BCUT2D eigenvalue weighted by Gasteiger charge is 2.22. The maximum absolute atomic E-state index is 7.57. The standard InChI is InChI=1S/2C43H27N3.C37H23N3/c1-44-33-21-24-38-36-14-5-7-16-40(36)45(43(38)28-33)34-22-18-30(19-23-34)32-20-25-42-39(27-32)37-15-6-8-17-41(37)46(42)35-13-9-12-31(26-35)29-10-3-2-4-11-29;1-44-33-20-25-38-36-11-5-7-13-40(36)46(43(38)28-33)35-23-17-31(18-24-35)32-19-26-42-39(27-32)37-12-6-8-14-41(37)45(42)34-21-15-30(16-22-34)29-9-3-2-4-10-29;1-38-27-18-22-37-33(24-27)31-12-6-8-14-35(31)40(37)29-19-15-25(16-20-29)26-17-21-36-32(23-26)30-11-5-7-13-34(30)39(36)28-9-3-2-4-10-28/h2*2-28H;2-24H. The number of rotatable bonds is 11. The van der Waals surface area contributed by atoms with E-state index in [1.807, 2.05) is 36.4 Å². The third kappa shape index (κ3) is 13.2. The van der Waals surface area contributed by atoms with Crippen LogP contribution in [-0.2, 0) is 0 Å². The summed E-state index contributed by atoms with van der Waals surface area (Å²) in [5.74, 6) is 0. The molecule has 132 heavy (non-hydrogen) atoms. The van der Waals surface area contributed by atoms with Crippen LogP contribution in [0.5, 0.6) is 0 Å². The average molecular weight is 1680 g/mol. The van der Waals surface area contributed by atoms with Crippen molar-refractivity contribution in [3.63, 3.8) is 0 Å². The number of para-hydroxylation sites is 7. The summed E-state index contributed by atoms with van der Waals surface area (Å²) >= 11 is 0. The molecule has 26 rings (SSSR count). The molecule has 0 saturated carbocycles. The molecule has 0 bridgehead atoms. The first-order valence-corrected chi connectivity index (χ1v) is 44.3. The second kappa shape index (κ2) is 32.3. The van der Waals surface area contributed by atoms with Crippen molar-refractivity contribution in [2.24, 2.45) is 0 Å². The molecule has 0 unspecified atom stereocenters. The van der Waals surface area contributed by atoms with E-state index in [1.54, 1.807) is 0 Å². The average Bonchev–Trinajstić information content (AvgIpc) is 1.94. The number of aromatic nitrogens is 6. The summed E-state index contributed by atoms with van der Waals surface area (Å²) in [6.45, 7) is 22.6. The normalized spacial score (nSPS) is 11.5. The molecule has 0 fully saturated rings. The second-order valence-electron chi connectivity index (χ2n) is 33.6. The summed E-state index contributed by atoms with van der Waals surface area (Å²) < 4.78 is 13.9. The van der Waals surface area contributed by atoms with E-state index in [4.69, 9.17) is 19.7 Å². The zero-order chi connectivity index (χ0) is 87.9. The Hall–Kier alpha value is -18.3. The molecular formula is C123H77N9. The molecule has 0 atom stereocenters. The fourth-order valence-corrected chi connectivity index (χ4v) is 20.1. The first-order valence-electron chi connectivity index (χ1n) is 44.3. The van der Waals surface area contributed by atoms with Gasteiger partial charge in [0.1, 0.15) is 0 Å². The topological polar surface area (TPSA) is 42.7 Å². The van der Waals surface area contributed by atoms with Crippen molar-refractivity contribution in [3.8, 4) is 89.8 Å². The summed E-state index contributed by atoms with van der Waals surface area (Å²) in [7, 11) is 0. The highest BCUT2D eigenvalue weighted by molar-refractivity contribution is 6.16. The van der Waals surface area contributed by atoms with Gasteiger partial charge in [-0.1, -0.05) is 297 Å². The van der Waals surface area contributed by atoms with Gasteiger partial charge in [0.25, 0.3) is 0 Å². The van der Waals surface area contributed by atoms with E-state index in [-0.39, 0.29) is 0 Å². The Labute approximate surface area is 761 Å². The van der Waals surface area contributed by atoms with Crippen molar-refractivity contribution >= 4 is 148 Å². The zero-order valence-corrected chi connectivity index (χ0v) is 71.5. The van der Waals surface area contributed by atoms with Crippen molar-refractivity contribution in [3.05, 3.63) is 501 Å². The predicted octanol–water partition coefficient (Wildman–Crippen LogP) is 33.6. The van der Waals surface area contributed by atoms with Crippen LogP contribution in [0.15, 0.2) is 467 Å². The smallest absolute Gasteiger partial charge is 0.189 e. The Bertz CT molecular complexity index is 9200. The quantitative estimate of drug-likeness (QED) is 0.116. The van der Waals surface area contributed by atoms with E-state index < -0.39 is 0 Å². The summed E-state index contributed by atoms with van der Waals surface area (Å²) in [5.41, 5.74) is 34.4. The number of fused-ring (bicyclic) bond motifs is 18. The second-order valence-corrected chi connectivity index (χ2v) is 33.6. The minimum atomic E-state index is 0.646. The maximum Gasteiger partial charge on any atom is 0.189 e. The molecule has 0 N–H and O–H groups in total. The molecular weight excluding hydrogens is 1600 g/mol. The third-order valence-electron chi connectivity index (χ3n) is 26.2. The largest absolute Gasteiger partial charge is 0.311 e. The first kappa shape index (κ1) is 77.3. The first-order chi connectivity index (χ1) is 65.3. The van der Waals surface area contributed by atoms with Crippen molar-refractivity contribution in [2.75, 3.05) is 0 Å². The van der Waals surface area contributed by atoms with Gasteiger partial charge in [0, 0.05) is 104 Å². The van der Waals surface area contributed by atoms with Crippen LogP contribution in [0.3, 0.4) is 0 Å². The van der Waals surface area contributed by atoms with Crippen LogP contribution in [-0.4, -0.2) is 27.4 Å². The minimum absolute atomic E-state index is 0.646. The maximum atomic E-state index is 7.57. The van der Waals surface area contributed by atoms with Gasteiger partial charge in [0.15, 0.2) is 17.1 Å². The molecule has 0 amide bonds. The Morgan fingerprint density at radius 2 is 0.326 bits per heavy atom. The van der Waals surface area contributed by atoms with Gasteiger partial charge in [-0.25, -0.2) is 14.5 Å². The van der Waals surface area contributed by atoms with Gasteiger partial charge in [-0.05, 0) is 231 Å². The fraction of sp³-hybridized carbons (Fsp3) is 0. The highest BCUT2D eigenvalue weighted by Crippen LogP contribution is 2.44.